The fourth-order valence-corrected chi connectivity index (χ4v) is 4.95. The molecule has 3 rings (SSSR count). The highest BCUT2D eigenvalue weighted by atomic mass is 32.2. The number of hydrogen-bond donors (Lipinski definition) is 1. The first-order valence-corrected chi connectivity index (χ1v) is 11.0. The second-order valence-corrected chi connectivity index (χ2v) is 8.96. The molecule has 0 amide bonds. The van der Waals surface area contributed by atoms with Crippen LogP contribution in [0.5, 0.6) is 0 Å². The highest BCUT2D eigenvalue weighted by Gasteiger charge is 2.30. The number of anilines is 1. The smallest absolute Gasteiger partial charge is 0.279 e. The van der Waals surface area contributed by atoms with Gasteiger partial charge in [0.25, 0.3) is 10.2 Å². The molecule has 2 aliphatic heterocycles. The molecule has 0 radical (unpaired) electrons. The van der Waals surface area contributed by atoms with Crippen molar-refractivity contribution in [2.24, 2.45) is 0 Å². The molecule has 3 heterocycles. The molecular formula is C17H30N6O3S. The summed E-state index contributed by atoms with van der Waals surface area (Å²) in [5.74, 6) is 0.777. The SMILES string of the molecule is CC1CN(S(=O)(=O)NCCCN2CCN(c3ncccn3)CC2)CC(C)O1. The highest BCUT2D eigenvalue weighted by molar-refractivity contribution is 7.87. The summed E-state index contributed by atoms with van der Waals surface area (Å²) in [5, 5.41) is 0. The van der Waals surface area contributed by atoms with Crippen LogP contribution >= 0.6 is 0 Å². The summed E-state index contributed by atoms with van der Waals surface area (Å²) >= 11 is 0. The molecule has 152 valence electrons. The van der Waals surface area contributed by atoms with Gasteiger partial charge in [-0.1, -0.05) is 0 Å². The van der Waals surface area contributed by atoms with E-state index in [0.717, 1.165) is 45.1 Å². The van der Waals surface area contributed by atoms with Crippen molar-refractivity contribution in [1.82, 2.24) is 23.9 Å². The largest absolute Gasteiger partial charge is 0.373 e. The summed E-state index contributed by atoms with van der Waals surface area (Å²) in [7, 11) is -3.44. The van der Waals surface area contributed by atoms with E-state index < -0.39 is 10.2 Å². The van der Waals surface area contributed by atoms with E-state index in [9.17, 15) is 8.42 Å². The lowest BCUT2D eigenvalue weighted by Gasteiger charge is -2.35. The third-order valence-corrected chi connectivity index (χ3v) is 6.42. The quantitative estimate of drug-likeness (QED) is 0.643. The van der Waals surface area contributed by atoms with E-state index in [1.807, 2.05) is 19.9 Å². The molecule has 0 aromatic carbocycles. The molecule has 0 saturated carbocycles. The minimum atomic E-state index is -3.44. The van der Waals surface area contributed by atoms with Crippen molar-refractivity contribution in [2.75, 3.05) is 57.3 Å². The molecule has 0 bridgehead atoms. The van der Waals surface area contributed by atoms with Gasteiger partial charge in [-0.05, 0) is 32.9 Å². The van der Waals surface area contributed by atoms with E-state index in [0.29, 0.717) is 19.6 Å². The van der Waals surface area contributed by atoms with Gasteiger partial charge in [0.15, 0.2) is 0 Å². The van der Waals surface area contributed by atoms with Crippen LogP contribution in [0.25, 0.3) is 0 Å². The van der Waals surface area contributed by atoms with Gasteiger partial charge in [-0.3, -0.25) is 4.90 Å². The van der Waals surface area contributed by atoms with Crippen LogP contribution in [0.1, 0.15) is 20.3 Å². The normalized spacial score (nSPS) is 25.6. The molecule has 2 saturated heterocycles. The number of morpholine rings is 1. The number of aromatic nitrogens is 2. The second-order valence-electron chi connectivity index (χ2n) is 7.20. The average molecular weight is 399 g/mol. The van der Waals surface area contributed by atoms with Crippen LogP contribution in [0.2, 0.25) is 0 Å². The second kappa shape index (κ2) is 9.24. The van der Waals surface area contributed by atoms with Crippen LogP contribution in [-0.4, -0.2) is 92.2 Å². The van der Waals surface area contributed by atoms with Crippen molar-refractivity contribution >= 4 is 16.2 Å². The van der Waals surface area contributed by atoms with Gasteiger partial charge in [0.1, 0.15) is 0 Å². The number of nitrogens with zero attached hydrogens (tertiary/aromatic N) is 5. The van der Waals surface area contributed by atoms with E-state index >= 15 is 0 Å². The molecular weight excluding hydrogens is 368 g/mol. The number of hydrogen-bond acceptors (Lipinski definition) is 7. The minimum Gasteiger partial charge on any atom is -0.373 e. The first kappa shape index (κ1) is 20.4. The Morgan fingerprint density at radius 3 is 2.37 bits per heavy atom. The van der Waals surface area contributed by atoms with Gasteiger partial charge in [-0.25, -0.2) is 14.7 Å². The molecule has 2 unspecified atom stereocenters. The van der Waals surface area contributed by atoms with Gasteiger partial charge in [-0.15, -0.1) is 0 Å². The van der Waals surface area contributed by atoms with Crippen LogP contribution in [0.15, 0.2) is 18.5 Å². The highest BCUT2D eigenvalue weighted by Crippen LogP contribution is 2.13. The lowest BCUT2D eigenvalue weighted by Crippen LogP contribution is -2.52. The Hall–Kier alpha value is -1.33. The monoisotopic (exact) mass is 398 g/mol. The summed E-state index contributed by atoms with van der Waals surface area (Å²) in [6.45, 7) is 9.58. The summed E-state index contributed by atoms with van der Waals surface area (Å²) in [6, 6.07) is 1.82. The summed E-state index contributed by atoms with van der Waals surface area (Å²) in [4.78, 5) is 13.1. The first-order valence-electron chi connectivity index (χ1n) is 9.58. The molecule has 9 nitrogen and oxygen atoms in total. The van der Waals surface area contributed by atoms with Crippen molar-refractivity contribution in [2.45, 2.75) is 32.5 Å². The summed E-state index contributed by atoms with van der Waals surface area (Å²) < 4.78 is 34.7. The number of ether oxygens (including phenoxy) is 1. The Labute approximate surface area is 161 Å². The molecule has 2 fully saturated rings. The summed E-state index contributed by atoms with van der Waals surface area (Å²) in [6.07, 6.45) is 4.16. The molecule has 1 aromatic rings. The molecule has 2 aliphatic rings. The van der Waals surface area contributed by atoms with Crippen LogP contribution in [-0.2, 0) is 14.9 Å². The fourth-order valence-electron chi connectivity index (χ4n) is 3.55. The van der Waals surface area contributed by atoms with E-state index in [2.05, 4.69) is 24.5 Å². The zero-order valence-electron chi connectivity index (χ0n) is 16.1. The van der Waals surface area contributed by atoms with Crippen molar-refractivity contribution in [1.29, 1.82) is 0 Å². The van der Waals surface area contributed by atoms with E-state index in [-0.39, 0.29) is 12.2 Å². The van der Waals surface area contributed by atoms with E-state index in [1.165, 1.54) is 4.31 Å². The van der Waals surface area contributed by atoms with Crippen LogP contribution in [0.3, 0.4) is 0 Å². The number of piperazine rings is 1. The Morgan fingerprint density at radius 2 is 1.74 bits per heavy atom. The zero-order valence-corrected chi connectivity index (χ0v) is 16.9. The Bertz CT molecular complexity index is 671. The molecule has 2 atom stereocenters. The van der Waals surface area contributed by atoms with Crippen molar-refractivity contribution in [3.63, 3.8) is 0 Å². The molecule has 27 heavy (non-hydrogen) atoms. The standard InChI is InChI=1S/C17H30N6O3S/c1-15-13-23(14-16(2)26-15)27(24,25)20-7-4-8-21-9-11-22(12-10-21)17-18-5-3-6-19-17/h3,5-6,15-16,20H,4,7-14H2,1-2H3. The summed E-state index contributed by atoms with van der Waals surface area (Å²) in [5.41, 5.74) is 0. The number of rotatable bonds is 7. The lowest BCUT2D eigenvalue weighted by molar-refractivity contribution is -0.0443. The molecule has 0 spiro atoms. The minimum absolute atomic E-state index is 0.0739. The predicted octanol–water partition coefficient (Wildman–Crippen LogP) is -0.0677. The third-order valence-electron chi connectivity index (χ3n) is 4.87. The van der Waals surface area contributed by atoms with Gasteiger partial charge in [0.05, 0.1) is 12.2 Å². The molecule has 1 aromatic heterocycles. The maximum atomic E-state index is 12.5. The average Bonchev–Trinajstić information content (AvgIpc) is 2.66. The Morgan fingerprint density at radius 1 is 1.11 bits per heavy atom. The molecule has 0 aliphatic carbocycles. The van der Waals surface area contributed by atoms with E-state index in [1.54, 1.807) is 12.4 Å². The molecule has 10 heteroatoms. The van der Waals surface area contributed by atoms with Crippen molar-refractivity contribution in [3.8, 4) is 0 Å². The Kier molecular flexibility index (Phi) is 6.99. The van der Waals surface area contributed by atoms with Crippen LogP contribution in [0, 0.1) is 0 Å². The lowest BCUT2D eigenvalue weighted by atomic mass is 10.3. The van der Waals surface area contributed by atoms with Crippen LogP contribution in [0.4, 0.5) is 5.95 Å². The van der Waals surface area contributed by atoms with Crippen molar-refractivity contribution < 1.29 is 13.2 Å². The predicted molar refractivity (Wildman–Crippen MR) is 104 cm³/mol. The van der Waals surface area contributed by atoms with Crippen molar-refractivity contribution in [3.05, 3.63) is 18.5 Å². The van der Waals surface area contributed by atoms with Gasteiger partial charge in [0.2, 0.25) is 5.95 Å². The van der Waals surface area contributed by atoms with Gasteiger partial charge in [0, 0.05) is 58.2 Å². The Balaban J connectivity index is 1.36. The third kappa shape index (κ3) is 5.82. The first-order chi connectivity index (χ1) is 12.9. The zero-order chi connectivity index (χ0) is 19.3. The maximum Gasteiger partial charge on any atom is 0.279 e. The molecule has 1 N–H and O–H groups in total. The van der Waals surface area contributed by atoms with E-state index in [4.69, 9.17) is 4.74 Å². The van der Waals surface area contributed by atoms with Gasteiger partial charge in [-0.2, -0.15) is 12.7 Å². The topological polar surface area (TPSA) is 90.9 Å². The fraction of sp³-hybridized carbons (Fsp3) is 0.765. The number of nitrogens with one attached hydrogen (secondary N) is 1. The maximum absolute atomic E-state index is 12.5. The van der Waals surface area contributed by atoms with Crippen LogP contribution < -0.4 is 9.62 Å². The van der Waals surface area contributed by atoms with Gasteiger partial charge >= 0.3 is 0 Å². The van der Waals surface area contributed by atoms with Gasteiger partial charge < -0.3 is 9.64 Å².